The Kier molecular flexibility index (Phi) is 4.79. The van der Waals surface area contributed by atoms with Crippen LogP contribution in [0.15, 0.2) is 42.5 Å². The van der Waals surface area contributed by atoms with E-state index < -0.39 is 0 Å². The summed E-state index contributed by atoms with van der Waals surface area (Å²) in [6, 6.07) is 13.5. The van der Waals surface area contributed by atoms with E-state index in [1.165, 1.54) is 5.56 Å². The van der Waals surface area contributed by atoms with Crippen LogP contribution in [-0.4, -0.2) is 15.9 Å². The number of nitrogens with one attached hydrogen (secondary N) is 1. The number of aryl methyl sites for hydroxylation is 2. The Morgan fingerprint density at radius 2 is 1.64 bits per heavy atom. The van der Waals surface area contributed by atoms with Crippen LogP contribution >= 0.6 is 0 Å². The van der Waals surface area contributed by atoms with Crippen molar-refractivity contribution >= 4 is 22.6 Å². The van der Waals surface area contributed by atoms with Crippen LogP contribution in [0, 0.1) is 13.8 Å². The summed E-state index contributed by atoms with van der Waals surface area (Å²) >= 11 is 0. The van der Waals surface area contributed by atoms with Crippen LogP contribution in [0.2, 0.25) is 0 Å². The molecule has 0 saturated carbocycles. The monoisotopic (exact) mass is 333 g/mol. The van der Waals surface area contributed by atoms with E-state index in [-0.39, 0.29) is 5.91 Å². The molecule has 25 heavy (non-hydrogen) atoms. The molecule has 0 aliphatic heterocycles. The third-order valence-electron chi connectivity index (χ3n) is 4.69. The van der Waals surface area contributed by atoms with Crippen molar-refractivity contribution in [2.45, 2.75) is 40.0 Å². The van der Waals surface area contributed by atoms with E-state index in [1.807, 2.05) is 32.0 Å². The molecule has 3 aromatic rings. The summed E-state index contributed by atoms with van der Waals surface area (Å²) in [5.74, 6) is 0.383. The van der Waals surface area contributed by atoms with Crippen molar-refractivity contribution in [3.8, 4) is 0 Å². The molecule has 128 valence electrons. The van der Waals surface area contributed by atoms with Crippen molar-refractivity contribution < 1.29 is 4.79 Å². The van der Waals surface area contributed by atoms with Crippen molar-refractivity contribution in [2.24, 2.45) is 0 Å². The molecule has 3 rings (SSSR count). The zero-order valence-corrected chi connectivity index (χ0v) is 15.1. The van der Waals surface area contributed by atoms with E-state index in [2.05, 4.69) is 41.3 Å². The normalized spacial score (nSPS) is 12.2. The Bertz CT molecular complexity index is 916. The van der Waals surface area contributed by atoms with E-state index in [1.54, 1.807) is 12.1 Å². The van der Waals surface area contributed by atoms with Crippen molar-refractivity contribution in [3.05, 3.63) is 65.0 Å². The molecule has 0 radical (unpaired) electrons. The Balaban J connectivity index is 1.81. The van der Waals surface area contributed by atoms with Gasteiger partial charge in [0.1, 0.15) is 0 Å². The summed E-state index contributed by atoms with van der Waals surface area (Å²) < 4.78 is 0. The SMILES string of the molecule is CC[C@H](C)c1ccc(NC(=O)c2ccc3nc(C)c(C)nc3c2)cc1. The maximum atomic E-state index is 12.5. The van der Waals surface area contributed by atoms with Gasteiger partial charge in [0.15, 0.2) is 0 Å². The number of carbonyl (C=O) groups is 1. The summed E-state index contributed by atoms with van der Waals surface area (Å²) in [4.78, 5) is 21.5. The zero-order valence-electron chi connectivity index (χ0n) is 15.1. The van der Waals surface area contributed by atoms with Crippen LogP contribution in [0.5, 0.6) is 0 Å². The second kappa shape index (κ2) is 7.01. The lowest BCUT2D eigenvalue weighted by Crippen LogP contribution is -2.12. The second-order valence-electron chi connectivity index (χ2n) is 6.48. The first kappa shape index (κ1) is 17.1. The molecular formula is C21H23N3O. The molecule has 0 saturated heterocycles. The third kappa shape index (κ3) is 3.68. The van der Waals surface area contributed by atoms with Gasteiger partial charge in [-0.2, -0.15) is 0 Å². The van der Waals surface area contributed by atoms with Gasteiger partial charge >= 0.3 is 0 Å². The lowest BCUT2D eigenvalue weighted by Gasteiger charge is -2.11. The number of amides is 1. The van der Waals surface area contributed by atoms with E-state index in [9.17, 15) is 4.79 Å². The van der Waals surface area contributed by atoms with Gasteiger partial charge < -0.3 is 5.32 Å². The van der Waals surface area contributed by atoms with E-state index >= 15 is 0 Å². The van der Waals surface area contributed by atoms with Gasteiger partial charge in [-0.05, 0) is 62.1 Å². The molecule has 2 aromatic carbocycles. The van der Waals surface area contributed by atoms with Crippen molar-refractivity contribution in [1.29, 1.82) is 0 Å². The van der Waals surface area contributed by atoms with Gasteiger partial charge in [0.25, 0.3) is 5.91 Å². The second-order valence-corrected chi connectivity index (χ2v) is 6.48. The van der Waals surface area contributed by atoms with Gasteiger partial charge in [0.05, 0.1) is 22.4 Å². The molecule has 1 amide bonds. The molecule has 0 bridgehead atoms. The maximum Gasteiger partial charge on any atom is 0.255 e. The highest BCUT2D eigenvalue weighted by molar-refractivity contribution is 6.05. The largest absolute Gasteiger partial charge is 0.322 e. The van der Waals surface area contributed by atoms with Gasteiger partial charge in [-0.3, -0.25) is 4.79 Å². The Labute approximate surface area is 148 Å². The van der Waals surface area contributed by atoms with E-state index in [0.29, 0.717) is 11.5 Å². The summed E-state index contributed by atoms with van der Waals surface area (Å²) in [5, 5.41) is 2.95. The fraction of sp³-hybridized carbons (Fsp3) is 0.286. The minimum atomic E-state index is -0.141. The molecule has 0 aliphatic rings. The highest BCUT2D eigenvalue weighted by Crippen LogP contribution is 2.21. The summed E-state index contributed by atoms with van der Waals surface area (Å²) in [7, 11) is 0. The molecule has 1 atom stereocenters. The quantitative estimate of drug-likeness (QED) is 0.730. The number of aromatic nitrogens is 2. The van der Waals surface area contributed by atoms with E-state index in [4.69, 9.17) is 0 Å². The lowest BCUT2D eigenvalue weighted by molar-refractivity contribution is 0.102. The number of carbonyl (C=O) groups excluding carboxylic acids is 1. The number of hydrogen-bond donors (Lipinski definition) is 1. The lowest BCUT2D eigenvalue weighted by atomic mass is 9.98. The molecule has 1 heterocycles. The third-order valence-corrected chi connectivity index (χ3v) is 4.69. The van der Waals surface area contributed by atoms with Crippen molar-refractivity contribution in [3.63, 3.8) is 0 Å². The van der Waals surface area contributed by atoms with Gasteiger partial charge in [-0.1, -0.05) is 26.0 Å². The fourth-order valence-electron chi connectivity index (χ4n) is 2.71. The fourth-order valence-corrected chi connectivity index (χ4v) is 2.71. The molecule has 4 nitrogen and oxygen atoms in total. The number of hydrogen-bond acceptors (Lipinski definition) is 3. The van der Waals surface area contributed by atoms with Crippen LogP contribution in [0.4, 0.5) is 5.69 Å². The molecule has 0 fully saturated rings. The minimum Gasteiger partial charge on any atom is -0.322 e. The molecule has 0 aliphatic carbocycles. The standard InChI is InChI=1S/C21H23N3O/c1-5-13(2)16-6-9-18(10-7-16)24-21(25)17-8-11-19-20(12-17)23-15(4)14(3)22-19/h6-13H,5H2,1-4H3,(H,24,25)/t13-/m0/s1. The summed E-state index contributed by atoms with van der Waals surface area (Å²) in [6.45, 7) is 8.23. The Hall–Kier alpha value is -2.75. The van der Waals surface area contributed by atoms with Crippen molar-refractivity contribution in [1.82, 2.24) is 9.97 Å². The van der Waals surface area contributed by atoms with Gasteiger partial charge in [0, 0.05) is 11.3 Å². The topological polar surface area (TPSA) is 54.9 Å². The number of nitrogens with zero attached hydrogens (tertiary/aromatic N) is 2. The van der Waals surface area contributed by atoms with Gasteiger partial charge in [0.2, 0.25) is 0 Å². The molecule has 0 spiro atoms. The van der Waals surface area contributed by atoms with Gasteiger partial charge in [-0.25, -0.2) is 9.97 Å². The Morgan fingerprint density at radius 1 is 1.00 bits per heavy atom. The summed E-state index contributed by atoms with van der Waals surface area (Å²) in [6.07, 6.45) is 1.10. The number of anilines is 1. The number of fused-ring (bicyclic) bond motifs is 1. The first-order valence-corrected chi connectivity index (χ1v) is 8.64. The smallest absolute Gasteiger partial charge is 0.255 e. The molecule has 1 aromatic heterocycles. The summed E-state index contributed by atoms with van der Waals surface area (Å²) in [5.41, 5.74) is 5.99. The maximum absolute atomic E-state index is 12.5. The molecule has 0 unspecified atom stereocenters. The van der Waals surface area contributed by atoms with Crippen LogP contribution in [0.1, 0.15) is 53.5 Å². The minimum absolute atomic E-state index is 0.141. The average Bonchev–Trinajstić information content (AvgIpc) is 2.62. The number of benzene rings is 2. The van der Waals surface area contributed by atoms with Crippen LogP contribution in [0.3, 0.4) is 0 Å². The highest BCUT2D eigenvalue weighted by atomic mass is 16.1. The Morgan fingerprint density at radius 3 is 2.28 bits per heavy atom. The highest BCUT2D eigenvalue weighted by Gasteiger charge is 2.10. The van der Waals surface area contributed by atoms with E-state index in [0.717, 1.165) is 34.5 Å². The number of rotatable bonds is 4. The molecule has 4 heteroatoms. The average molecular weight is 333 g/mol. The van der Waals surface area contributed by atoms with Gasteiger partial charge in [-0.15, -0.1) is 0 Å². The first-order valence-electron chi connectivity index (χ1n) is 8.64. The first-order chi connectivity index (χ1) is 12.0. The predicted molar refractivity (Wildman–Crippen MR) is 102 cm³/mol. The molecular weight excluding hydrogens is 310 g/mol. The molecule has 1 N–H and O–H groups in total. The van der Waals surface area contributed by atoms with Crippen LogP contribution < -0.4 is 5.32 Å². The van der Waals surface area contributed by atoms with Crippen molar-refractivity contribution in [2.75, 3.05) is 5.32 Å². The predicted octanol–water partition coefficient (Wildman–Crippen LogP) is 5.01. The van der Waals surface area contributed by atoms with Crippen LogP contribution in [-0.2, 0) is 0 Å². The van der Waals surface area contributed by atoms with Crippen LogP contribution in [0.25, 0.3) is 11.0 Å². The zero-order chi connectivity index (χ0) is 18.0.